The van der Waals surface area contributed by atoms with E-state index in [-0.39, 0.29) is 35.8 Å². The molecule has 1 aromatic rings. The molecule has 2 amide bonds. The number of aliphatic hydroxyl groups is 1. The molecule has 0 aliphatic carbocycles. The lowest BCUT2D eigenvalue weighted by Crippen LogP contribution is -2.51. The Kier molecular flexibility index (Phi) is 7.61. The lowest BCUT2D eigenvalue weighted by atomic mass is 9.86. The lowest BCUT2D eigenvalue weighted by Gasteiger charge is -2.24. The van der Waals surface area contributed by atoms with E-state index in [1.54, 1.807) is 12.1 Å². The zero-order valence-electron chi connectivity index (χ0n) is 16.2. The average Bonchev–Trinajstić information content (AvgIpc) is 2.51. The number of aliphatic hydroxyl groups excluding tert-OH is 1. The molecule has 0 fully saturated rings. The van der Waals surface area contributed by atoms with Gasteiger partial charge in [-0.25, -0.2) is 0 Å². The molecule has 0 aromatic heterocycles. The molecule has 0 bridgehead atoms. The van der Waals surface area contributed by atoms with Crippen molar-refractivity contribution in [3.8, 4) is 0 Å². The van der Waals surface area contributed by atoms with E-state index in [9.17, 15) is 9.59 Å². The Bertz CT molecular complexity index is 574. The van der Waals surface area contributed by atoms with Crippen LogP contribution in [0.2, 0.25) is 0 Å². The molecule has 5 heteroatoms. The molecule has 5 nitrogen and oxygen atoms in total. The maximum atomic E-state index is 12.5. The highest BCUT2D eigenvalue weighted by Crippen LogP contribution is 2.22. The summed E-state index contributed by atoms with van der Waals surface area (Å²) in [4.78, 5) is 24.9. The van der Waals surface area contributed by atoms with Crippen molar-refractivity contribution in [1.29, 1.82) is 0 Å². The van der Waals surface area contributed by atoms with E-state index in [1.807, 2.05) is 32.9 Å². The summed E-state index contributed by atoms with van der Waals surface area (Å²) < 4.78 is 0. The van der Waals surface area contributed by atoms with Gasteiger partial charge < -0.3 is 15.7 Å². The molecular formula is C20H32N2O3. The Morgan fingerprint density at radius 3 is 2.04 bits per heavy atom. The molecule has 0 radical (unpaired) electrons. The highest BCUT2D eigenvalue weighted by Gasteiger charge is 2.25. The molecule has 0 heterocycles. The van der Waals surface area contributed by atoms with Crippen molar-refractivity contribution in [1.82, 2.24) is 10.6 Å². The van der Waals surface area contributed by atoms with E-state index in [1.165, 1.54) is 0 Å². The van der Waals surface area contributed by atoms with Crippen LogP contribution in [-0.2, 0) is 10.2 Å². The number of carbonyl (C=O) groups excluding carboxylic acids is 2. The van der Waals surface area contributed by atoms with Gasteiger partial charge in [0, 0.05) is 18.2 Å². The van der Waals surface area contributed by atoms with Crippen LogP contribution < -0.4 is 10.6 Å². The molecule has 1 rings (SSSR count). The van der Waals surface area contributed by atoms with Crippen LogP contribution in [0.25, 0.3) is 0 Å². The third-order valence-corrected chi connectivity index (χ3v) is 4.20. The van der Waals surface area contributed by atoms with Gasteiger partial charge in [-0.1, -0.05) is 46.8 Å². The van der Waals surface area contributed by atoms with Crippen LogP contribution in [0.3, 0.4) is 0 Å². The maximum absolute atomic E-state index is 12.5. The number of hydrogen-bond acceptors (Lipinski definition) is 3. The maximum Gasteiger partial charge on any atom is 0.251 e. The van der Waals surface area contributed by atoms with Gasteiger partial charge in [-0.15, -0.1) is 0 Å². The van der Waals surface area contributed by atoms with E-state index in [4.69, 9.17) is 5.11 Å². The number of benzene rings is 1. The summed E-state index contributed by atoms with van der Waals surface area (Å²) >= 11 is 0. The smallest absolute Gasteiger partial charge is 0.251 e. The SMILES string of the molecule is CC(CCO)NC(=O)C(NC(=O)c1ccc(C(C)(C)C)cc1)C(C)C. The van der Waals surface area contributed by atoms with Gasteiger partial charge in [0.25, 0.3) is 5.91 Å². The van der Waals surface area contributed by atoms with Gasteiger partial charge in [0.15, 0.2) is 0 Å². The Labute approximate surface area is 151 Å². The summed E-state index contributed by atoms with van der Waals surface area (Å²) in [5.74, 6) is -0.529. The minimum atomic E-state index is -0.615. The Hall–Kier alpha value is -1.88. The third kappa shape index (κ3) is 6.50. The van der Waals surface area contributed by atoms with Gasteiger partial charge in [-0.2, -0.15) is 0 Å². The quantitative estimate of drug-likeness (QED) is 0.709. The molecule has 2 unspecified atom stereocenters. The molecule has 3 N–H and O–H groups in total. The van der Waals surface area contributed by atoms with Crippen LogP contribution in [0.4, 0.5) is 0 Å². The van der Waals surface area contributed by atoms with Gasteiger partial charge in [0.1, 0.15) is 6.04 Å². The molecule has 0 spiro atoms. The number of rotatable bonds is 7. The first-order chi connectivity index (χ1) is 11.6. The number of nitrogens with one attached hydrogen (secondary N) is 2. The van der Waals surface area contributed by atoms with Gasteiger partial charge in [0.2, 0.25) is 5.91 Å². The van der Waals surface area contributed by atoms with Crippen molar-refractivity contribution in [2.24, 2.45) is 5.92 Å². The van der Waals surface area contributed by atoms with Gasteiger partial charge in [0.05, 0.1) is 0 Å². The van der Waals surface area contributed by atoms with E-state index in [0.717, 1.165) is 5.56 Å². The zero-order chi connectivity index (χ0) is 19.2. The van der Waals surface area contributed by atoms with Crippen LogP contribution in [0.15, 0.2) is 24.3 Å². The highest BCUT2D eigenvalue weighted by molar-refractivity contribution is 5.97. The minimum Gasteiger partial charge on any atom is -0.396 e. The van der Waals surface area contributed by atoms with Gasteiger partial charge >= 0.3 is 0 Å². The van der Waals surface area contributed by atoms with Crippen LogP contribution in [-0.4, -0.2) is 35.6 Å². The van der Waals surface area contributed by atoms with Gasteiger partial charge in [-0.3, -0.25) is 9.59 Å². The predicted octanol–water partition coefficient (Wildman–Crippen LogP) is 2.63. The fourth-order valence-corrected chi connectivity index (χ4v) is 2.48. The second-order valence-corrected chi connectivity index (χ2v) is 7.94. The van der Waals surface area contributed by atoms with Crippen molar-refractivity contribution in [2.45, 2.75) is 65.5 Å². The second-order valence-electron chi connectivity index (χ2n) is 7.94. The molecule has 140 valence electrons. The Morgan fingerprint density at radius 2 is 1.60 bits per heavy atom. The largest absolute Gasteiger partial charge is 0.396 e. The molecule has 25 heavy (non-hydrogen) atoms. The predicted molar refractivity (Wildman–Crippen MR) is 101 cm³/mol. The minimum absolute atomic E-state index is 0.0142. The highest BCUT2D eigenvalue weighted by atomic mass is 16.3. The zero-order valence-corrected chi connectivity index (χ0v) is 16.2. The average molecular weight is 348 g/mol. The molecule has 0 saturated carbocycles. The van der Waals surface area contributed by atoms with E-state index < -0.39 is 6.04 Å². The molecular weight excluding hydrogens is 316 g/mol. The number of hydrogen-bond donors (Lipinski definition) is 3. The summed E-state index contributed by atoms with van der Waals surface area (Å²) in [5.41, 5.74) is 1.72. The molecule has 0 saturated heterocycles. The van der Waals surface area contributed by atoms with Crippen LogP contribution in [0.5, 0.6) is 0 Å². The molecule has 0 aliphatic heterocycles. The van der Waals surface area contributed by atoms with Crippen molar-refractivity contribution in [3.05, 3.63) is 35.4 Å². The fraction of sp³-hybridized carbons (Fsp3) is 0.600. The van der Waals surface area contributed by atoms with Crippen molar-refractivity contribution in [2.75, 3.05) is 6.61 Å². The van der Waals surface area contributed by atoms with Crippen molar-refractivity contribution >= 4 is 11.8 Å². The Morgan fingerprint density at radius 1 is 1.04 bits per heavy atom. The van der Waals surface area contributed by atoms with Crippen molar-refractivity contribution < 1.29 is 14.7 Å². The summed E-state index contributed by atoms with van der Waals surface area (Å²) in [6.07, 6.45) is 0.485. The lowest BCUT2D eigenvalue weighted by molar-refractivity contribution is -0.124. The topological polar surface area (TPSA) is 78.4 Å². The third-order valence-electron chi connectivity index (χ3n) is 4.20. The number of amides is 2. The molecule has 1 aromatic carbocycles. The fourth-order valence-electron chi connectivity index (χ4n) is 2.48. The summed E-state index contributed by atoms with van der Waals surface area (Å²) in [7, 11) is 0. The first-order valence-corrected chi connectivity index (χ1v) is 8.89. The van der Waals surface area contributed by atoms with Crippen LogP contribution in [0, 0.1) is 5.92 Å². The van der Waals surface area contributed by atoms with Crippen LogP contribution >= 0.6 is 0 Å². The summed E-state index contributed by atoms with van der Waals surface area (Å²) in [5, 5.41) is 14.6. The first kappa shape index (κ1) is 21.2. The Balaban J connectivity index is 2.81. The van der Waals surface area contributed by atoms with Gasteiger partial charge in [-0.05, 0) is 42.4 Å². The van der Waals surface area contributed by atoms with E-state index in [2.05, 4.69) is 31.4 Å². The number of carbonyl (C=O) groups is 2. The van der Waals surface area contributed by atoms with Crippen molar-refractivity contribution in [3.63, 3.8) is 0 Å². The normalized spacial score (nSPS) is 14.1. The first-order valence-electron chi connectivity index (χ1n) is 8.89. The second kappa shape index (κ2) is 8.99. The summed E-state index contributed by atoms with van der Waals surface area (Å²) in [6, 6.07) is 6.72. The van der Waals surface area contributed by atoms with Crippen LogP contribution in [0.1, 0.15) is 63.9 Å². The monoisotopic (exact) mass is 348 g/mol. The molecule has 2 atom stereocenters. The van der Waals surface area contributed by atoms with E-state index >= 15 is 0 Å². The standard InChI is InChI=1S/C20H32N2O3/c1-13(2)17(19(25)21-14(3)11-12-23)22-18(24)15-7-9-16(10-8-15)20(4,5)6/h7-10,13-14,17,23H,11-12H2,1-6H3,(H,21,25)(H,22,24). The summed E-state index contributed by atoms with van der Waals surface area (Å²) in [6.45, 7) is 12.0. The molecule has 0 aliphatic rings. The van der Waals surface area contributed by atoms with E-state index in [0.29, 0.717) is 12.0 Å².